The molecule has 0 saturated carbocycles. The summed E-state index contributed by atoms with van der Waals surface area (Å²) in [5.41, 5.74) is 2.31. The van der Waals surface area contributed by atoms with Crippen molar-refractivity contribution in [1.29, 1.82) is 0 Å². The Labute approximate surface area is 200 Å². The van der Waals surface area contributed by atoms with E-state index in [1.165, 1.54) is 0 Å². The van der Waals surface area contributed by atoms with E-state index >= 15 is 0 Å². The molecular formula is C24H31NO8S. The molecule has 0 fully saturated rings. The Morgan fingerprint density at radius 1 is 1.03 bits per heavy atom. The lowest BCUT2D eigenvalue weighted by Crippen LogP contribution is -2.30. The van der Waals surface area contributed by atoms with Gasteiger partial charge in [-0.2, -0.15) is 8.42 Å². The summed E-state index contributed by atoms with van der Waals surface area (Å²) in [7, 11) is -3.56. The van der Waals surface area contributed by atoms with Crippen LogP contribution in [-0.4, -0.2) is 51.2 Å². The van der Waals surface area contributed by atoms with E-state index in [0.717, 1.165) is 17.4 Å². The molecular weight excluding hydrogens is 462 g/mol. The van der Waals surface area contributed by atoms with E-state index in [0.29, 0.717) is 31.6 Å². The maximum absolute atomic E-state index is 12.1. The Morgan fingerprint density at radius 2 is 1.68 bits per heavy atom. The van der Waals surface area contributed by atoms with Gasteiger partial charge in [-0.05, 0) is 61.6 Å². The van der Waals surface area contributed by atoms with Gasteiger partial charge in [-0.1, -0.05) is 31.2 Å². The van der Waals surface area contributed by atoms with Crippen LogP contribution >= 0.6 is 0 Å². The van der Waals surface area contributed by atoms with Gasteiger partial charge in [0.05, 0.1) is 12.9 Å². The number of aryl methyl sites for hydroxylation is 1. The normalized spacial score (nSPS) is 13.0. The number of aliphatic carboxylic acids is 1. The largest absolute Gasteiger partial charge is 0.479 e. The standard InChI is InChI=1S/C24H31NO8S/c1-4-21(22(23(26)27)31-5-2)18-10-12-19(13-11-18)25-24(28)32-16-6-7-17-8-14-20(15-9-17)33-34(3,29)30/h8-15,21-22H,4-7,16H2,1-3H3,(H,25,28)(H,26,27). The molecule has 0 aliphatic heterocycles. The van der Waals surface area contributed by atoms with Crippen LogP contribution in [0, 0.1) is 0 Å². The molecule has 1 amide bonds. The second kappa shape index (κ2) is 13.0. The molecule has 34 heavy (non-hydrogen) atoms. The summed E-state index contributed by atoms with van der Waals surface area (Å²) < 4.78 is 37.6. The topological polar surface area (TPSA) is 128 Å². The zero-order valence-corrected chi connectivity index (χ0v) is 20.3. The van der Waals surface area contributed by atoms with Crippen LogP contribution in [0.1, 0.15) is 43.7 Å². The molecule has 2 rings (SSSR count). The van der Waals surface area contributed by atoms with Crippen LogP contribution in [-0.2, 0) is 30.8 Å². The van der Waals surface area contributed by atoms with Crippen LogP contribution < -0.4 is 9.50 Å². The Balaban J connectivity index is 1.80. The summed E-state index contributed by atoms with van der Waals surface area (Å²) in [5, 5.41) is 12.1. The van der Waals surface area contributed by atoms with Crippen LogP contribution in [0.4, 0.5) is 10.5 Å². The lowest BCUT2D eigenvalue weighted by atomic mass is 9.90. The molecule has 0 radical (unpaired) electrons. The average molecular weight is 494 g/mol. The number of carboxylic acid groups (broad SMARTS) is 1. The van der Waals surface area contributed by atoms with Gasteiger partial charge >= 0.3 is 22.2 Å². The number of carbonyl (C=O) groups is 2. The fourth-order valence-corrected chi connectivity index (χ4v) is 3.92. The van der Waals surface area contributed by atoms with Crippen molar-refractivity contribution in [2.45, 2.75) is 45.1 Å². The third-order valence-corrected chi connectivity index (χ3v) is 5.49. The third kappa shape index (κ3) is 9.03. The highest BCUT2D eigenvalue weighted by Gasteiger charge is 2.28. The Kier molecular flexibility index (Phi) is 10.3. The number of ether oxygens (including phenoxy) is 2. The van der Waals surface area contributed by atoms with Crippen LogP contribution in [0.5, 0.6) is 5.75 Å². The van der Waals surface area contributed by atoms with Crippen molar-refractivity contribution in [3.63, 3.8) is 0 Å². The van der Waals surface area contributed by atoms with E-state index in [1.54, 1.807) is 55.5 Å². The molecule has 2 aromatic rings. The monoisotopic (exact) mass is 493 g/mol. The fraction of sp³-hybridized carbons (Fsp3) is 0.417. The maximum Gasteiger partial charge on any atom is 0.411 e. The molecule has 0 bridgehead atoms. The minimum absolute atomic E-state index is 0.206. The number of hydrogen-bond acceptors (Lipinski definition) is 7. The van der Waals surface area contributed by atoms with Gasteiger partial charge in [-0.15, -0.1) is 0 Å². The molecule has 0 aliphatic carbocycles. The summed E-state index contributed by atoms with van der Waals surface area (Å²) in [6, 6.07) is 13.6. The van der Waals surface area contributed by atoms with Crippen molar-refractivity contribution in [3.8, 4) is 5.75 Å². The number of hydrogen-bond donors (Lipinski definition) is 2. The molecule has 9 nitrogen and oxygen atoms in total. The Hall–Kier alpha value is -3.11. The number of benzene rings is 2. The summed E-state index contributed by atoms with van der Waals surface area (Å²) in [6.07, 6.45) is 1.29. The lowest BCUT2D eigenvalue weighted by Gasteiger charge is -2.23. The number of amides is 1. The molecule has 0 aliphatic rings. The molecule has 0 saturated heterocycles. The van der Waals surface area contributed by atoms with E-state index < -0.39 is 28.3 Å². The van der Waals surface area contributed by atoms with Gasteiger partial charge < -0.3 is 18.8 Å². The van der Waals surface area contributed by atoms with Gasteiger partial charge in [0.15, 0.2) is 6.10 Å². The van der Waals surface area contributed by atoms with Crippen molar-refractivity contribution >= 4 is 27.9 Å². The van der Waals surface area contributed by atoms with Crippen LogP contribution in [0.15, 0.2) is 48.5 Å². The van der Waals surface area contributed by atoms with Crippen LogP contribution in [0.3, 0.4) is 0 Å². The first-order chi connectivity index (χ1) is 16.1. The molecule has 2 atom stereocenters. The maximum atomic E-state index is 12.1. The van der Waals surface area contributed by atoms with Crippen LogP contribution in [0.2, 0.25) is 0 Å². The number of anilines is 1. The summed E-state index contributed by atoms with van der Waals surface area (Å²) >= 11 is 0. The van der Waals surface area contributed by atoms with Crippen molar-refractivity contribution < 1.29 is 36.8 Å². The van der Waals surface area contributed by atoms with E-state index in [2.05, 4.69) is 5.32 Å². The smallest absolute Gasteiger partial charge is 0.411 e. The van der Waals surface area contributed by atoms with E-state index in [-0.39, 0.29) is 18.3 Å². The number of rotatable bonds is 13. The minimum Gasteiger partial charge on any atom is -0.479 e. The van der Waals surface area contributed by atoms with Gasteiger partial charge in [-0.25, -0.2) is 9.59 Å². The van der Waals surface area contributed by atoms with E-state index in [1.807, 2.05) is 6.92 Å². The average Bonchev–Trinajstić information content (AvgIpc) is 2.77. The molecule has 0 heterocycles. The Morgan fingerprint density at radius 3 is 2.21 bits per heavy atom. The lowest BCUT2D eigenvalue weighted by molar-refractivity contribution is -0.151. The third-order valence-electron chi connectivity index (χ3n) is 4.99. The van der Waals surface area contributed by atoms with Crippen molar-refractivity contribution in [3.05, 3.63) is 59.7 Å². The summed E-state index contributed by atoms with van der Waals surface area (Å²) in [6.45, 7) is 4.18. The SMILES string of the molecule is CCOC(C(=O)O)C(CC)c1ccc(NC(=O)OCCCc2ccc(OS(C)(=O)=O)cc2)cc1. The van der Waals surface area contributed by atoms with Gasteiger partial charge in [0.2, 0.25) is 0 Å². The van der Waals surface area contributed by atoms with Crippen molar-refractivity contribution in [1.82, 2.24) is 0 Å². The predicted molar refractivity (Wildman–Crippen MR) is 128 cm³/mol. The molecule has 0 spiro atoms. The zero-order valence-electron chi connectivity index (χ0n) is 19.5. The van der Waals surface area contributed by atoms with Gasteiger partial charge in [-0.3, -0.25) is 5.32 Å². The zero-order chi connectivity index (χ0) is 25.1. The highest BCUT2D eigenvalue weighted by atomic mass is 32.2. The molecule has 186 valence electrons. The van der Waals surface area contributed by atoms with E-state index in [4.69, 9.17) is 13.7 Å². The predicted octanol–water partition coefficient (Wildman–Crippen LogP) is 4.19. The Bertz CT molecular complexity index is 1040. The highest BCUT2D eigenvalue weighted by Crippen LogP contribution is 2.27. The number of carboxylic acids is 1. The molecule has 2 N–H and O–H groups in total. The number of carbonyl (C=O) groups excluding carboxylic acids is 1. The molecule has 0 aromatic heterocycles. The minimum atomic E-state index is -3.56. The first kappa shape index (κ1) is 27.1. The summed E-state index contributed by atoms with van der Waals surface area (Å²) in [4.78, 5) is 23.6. The van der Waals surface area contributed by atoms with Crippen LogP contribution in [0.25, 0.3) is 0 Å². The van der Waals surface area contributed by atoms with Gasteiger partial charge in [0, 0.05) is 18.2 Å². The molecule has 2 aromatic carbocycles. The van der Waals surface area contributed by atoms with E-state index in [9.17, 15) is 23.1 Å². The quantitative estimate of drug-likeness (QED) is 0.314. The first-order valence-electron chi connectivity index (χ1n) is 11.0. The van der Waals surface area contributed by atoms with Gasteiger partial charge in [0.1, 0.15) is 5.75 Å². The highest BCUT2D eigenvalue weighted by molar-refractivity contribution is 7.86. The summed E-state index contributed by atoms with van der Waals surface area (Å²) in [5.74, 6) is -1.06. The first-order valence-corrected chi connectivity index (χ1v) is 12.8. The van der Waals surface area contributed by atoms with Crippen molar-refractivity contribution in [2.24, 2.45) is 0 Å². The second-order valence-corrected chi connectivity index (χ2v) is 9.22. The molecule has 2 unspecified atom stereocenters. The van der Waals surface area contributed by atoms with Gasteiger partial charge in [0.25, 0.3) is 0 Å². The van der Waals surface area contributed by atoms with Crippen molar-refractivity contribution in [2.75, 3.05) is 24.8 Å². The molecule has 10 heteroatoms. The fourth-order valence-electron chi connectivity index (χ4n) is 3.46. The second-order valence-electron chi connectivity index (χ2n) is 7.65. The number of nitrogens with one attached hydrogen (secondary N) is 1.